The van der Waals surface area contributed by atoms with Crippen molar-refractivity contribution < 1.29 is 9.53 Å². The zero-order chi connectivity index (χ0) is 10.4. The van der Waals surface area contributed by atoms with Crippen LogP contribution < -0.4 is 5.73 Å². The molecule has 0 radical (unpaired) electrons. The summed E-state index contributed by atoms with van der Waals surface area (Å²) in [6, 6.07) is 0.297. The smallest absolute Gasteiger partial charge is 0.330 e. The number of carbonyl (C=O) groups is 1. The Kier molecular flexibility index (Phi) is 4.62. The van der Waals surface area contributed by atoms with Crippen LogP contribution in [0, 0.1) is 0 Å². The van der Waals surface area contributed by atoms with Gasteiger partial charge in [-0.05, 0) is 13.3 Å². The number of esters is 1. The van der Waals surface area contributed by atoms with Gasteiger partial charge in [-0.1, -0.05) is 6.08 Å². The highest BCUT2D eigenvalue weighted by molar-refractivity contribution is 5.81. The van der Waals surface area contributed by atoms with Crippen LogP contribution in [0.4, 0.5) is 0 Å². The third-order valence-corrected chi connectivity index (χ3v) is 2.21. The van der Waals surface area contributed by atoms with Crippen molar-refractivity contribution in [3.05, 3.63) is 12.2 Å². The maximum absolute atomic E-state index is 10.9. The molecule has 1 fully saturated rings. The van der Waals surface area contributed by atoms with Crippen LogP contribution >= 0.6 is 0 Å². The fraction of sp³-hybridized carbons (Fsp3) is 0.700. The molecule has 0 spiro atoms. The largest absolute Gasteiger partial charge is 0.463 e. The van der Waals surface area contributed by atoms with E-state index in [4.69, 9.17) is 10.5 Å². The summed E-state index contributed by atoms with van der Waals surface area (Å²) >= 11 is 0. The number of nitrogens with zero attached hydrogens (tertiary/aromatic N) is 1. The predicted molar refractivity (Wildman–Crippen MR) is 54.8 cm³/mol. The Morgan fingerprint density at radius 1 is 1.71 bits per heavy atom. The van der Waals surface area contributed by atoms with E-state index < -0.39 is 0 Å². The van der Waals surface area contributed by atoms with E-state index in [-0.39, 0.29) is 5.97 Å². The summed E-state index contributed by atoms with van der Waals surface area (Å²) in [4.78, 5) is 13.2. The topological polar surface area (TPSA) is 55.6 Å². The SMILES string of the molecule is CCOC(=O)/C=C/CN1CC[C@@H](N)C1. The van der Waals surface area contributed by atoms with Gasteiger partial charge in [-0.3, -0.25) is 4.90 Å². The van der Waals surface area contributed by atoms with E-state index in [0.717, 1.165) is 26.1 Å². The van der Waals surface area contributed by atoms with Crippen LogP contribution in [0.1, 0.15) is 13.3 Å². The third kappa shape index (κ3) is 3.89. The molecule has 1 aliphatic heterocycles. The molecule has 2 N–H and O–H groups in total. The van der Waals surface area contributed by atoms with Gasteiger partial charge in [0.05, 0.1) is 6.61 Å². The monoisotopic (exact) mass is 198 g/mol. The Labute approximate surface area is 84.7 Å². The molecule has 1 rings (SSSR count). The summed E-state index contributed by atoms with van der Waals surface area (Å²) in [6.07, 6.45) is 4.36. The minimum atomic E-state index is -0.268. The molecule has 80 valence electrons. The van der Waals surface area contributed by atoms with Crippen LogP contribution in [-0.2, 0) is 9.53 Å². The molecule has 0 bridgehead atoms. The highest BCUT2D eigenvalue weighted by atomic mass is 16.5. The molecule has 0 unspecified atom stereocenters. The van der Waals surface area contributed by atoms with Crippen molar-refractivity contribution in [3.8, 4) is 0 Å². The molecule has 0 amide bonds. The molecule has 0 aromatic rings. The van der Waals surface area contributed by atoms with E-state index in [9.17, 15) is 4.79 Å². The number of rotatable bonds is 4. The van der Waals surface area contributed by atoms with Gasteiger partial charge in [0.25, 0.3) is 0 Å². The second-order valence-corrected chi connectivity index (χ2v) is 3.46. The highest BCUT2D eigenvalue weighted by Gasteiger charge is 2.17. The van der Waals surface area contributed by atoms with Crippen LogP contribution in [0.15, 0.2) is 12.2 Å². The average molecular weight is 198 g/mol. The maximum atomic E-state index is 10.9. The van der Waals surface area contributed by atoms with E-state index in [1.54, 1.807) is 6.92 Å². The van der Waals surface area contributed by atoms with Gasteiger partial charge in [0.15, 0.2) is 0 Å². The van der Waals surface area contributed by atoms with E-state index in [1.807, 2.05) is 6.08 Å². The Morgan fingerprint density at radius 2 is 2.50 bits per heavy atom. The van der Waals surface area contributed by atoms with Gasteiger partial charge in [-0.15, -0.1) is 0 Å². The summed E-state index contributed by atoms with van der Waals surface area (Å²) < 4.78 is 4.76. The van der Waals surface area contributed by atoms with Crippen molar-refractivity contribution in [1.29, 1.82) is 0 Å². The number of hydrogen-bond acceptors (Lipinski definition) is 4. The van der Waals surface area contributed by atoms with Crippen molar-refractivity contribution in [2.45, 2.75) is 19.4 Å². The van der Waals surface area contributed by atoms with Gasteiger partial charge >= 0.3 is 5.97 Å². The molecule has 4 nitrogen and oxygen atoms in total. The van der Waals surface area contributed by atoms with Crippen LogP contribution in [0.25, 0.3) is 0 Å². The van der Waals surface area contributed by atoms with Crippen LogP contribution in [0.5, 0.6) is 0 Å². The summed E-state index contributed by atoms with van der Waals surface area (Å²) in [5.74, 6) is -0.268. The van der Waals surface area contributed by atoms with Crippen molar-refractivity contribution >= 4 is 5.97 Å². The van der Waals surface area contributed by atoms with Crippen LogP contribution in [0.2, 0.25) is 0 Å². The minimum absolute atomic E-state index is 0.268. The van der Waals surface area contributed by atoms with Gasteiger partial charge in [-0.2, -0.15) is 0 Å². The molecule has 14 heavy (non-hydrogen) atoms. The summed E-state index contributed by atoms with van der Waals surface area (Å²) in [6.45, 7) is 4.96. The van der Waals surface area contributed by atoms with Gasteiger partial charge in [0, 0.05) is 31.8 Å². The lowest BCUT2D eigenvalue weighted by Gasteiger charge is -2.11. The molecular weight excluding hydrogens is 180 g/mol. The Morgan fingerprint density at radius 3 is 3.07 bits per heavy atom. The van der Waals surface area contributed by atoms with E-state index >= 15 is 0 Å². The molecule has 4 heteroatoms. The summed E-state index contributed by atoms with van der Waals surface area (Å²) in [5.41, 5.74) is 5.75. The van der Waals surface area contributed by atoms with Gasteiger partial charge in [0.1, 0.15) is 0 Å². The van der Waals surface area contributed by atoms with Crippen LogP contribution in [0.3, 0.4) is 0 Å². The van der Waals surface area contributed by atoms with Gasteiger partial charge in [0.2, 0.25) is 0 Å². The maximum Gasteiger partial charge on any atom is 0.330 e. The number of carbonyl (C=O) groups excluding carboxylic acids is 1. The van der Waals surface area contributed by atoms with Crippen molar-refractivity contribution in [3.63, 3.8) is 0 Å². The number of likely N-dealkylation sites (tertiary alicyclic amines) is 1. The highest BCUT2D eigenvalue weighted by Crippen LogP contribution is 2.05. The Hall–Kier alpha value is -0.870. The quantitative estimate of drug-likeness (QED) is 0.515. The normalized spacial score (nSPS) is 23.1. The molecule has 1 aliphatic rings. The second-order valence-electron chi connectivity index (χ2n) is 3.46. The molecule has 1 saturated heterocycles. The molecular formula is C10H18N2O2. The molecule has 0 saturated carbocycles. The third-order valence-electron chi connectivity index (χ3n) is 2.21. The molecule has 1 atom stereocenters. The molecule has 0 aliphatic carbocycles. The number of ether oxygens (including phenoxy) is 1. The second kappa shape index (κ2) is 5.78. The average Bonchev–Trinajstić information content (AvgIpc) is 2.52. The molecule has 0 aromatic carbocycles. The zero-order valence-corrected chi connectivity index (χ0v) is 8.61. The van der Waals surface area contributed by atoms with E-state index in [1.165, 1.54) is 6.08 Å². The number of nitrogens with two attached hydrogens (primary N) is 1. The van der Waals surface area contributed by atoms with Crippen molar-refractivity contribution in [1.82, 2.24) is 4.90 Å². The summed E-state index contributed by atoms with van der Waals surface area (Å²) in [5, 5.41) is 0. The molecule has 1 heterocycles. The predicted octanol–water partition coefficient (Wildman–Crippen LogP) is 0.139. The number of hydrogen-bond donors (Lipinski definition) is 1. The lowest BCUT2D eigenvalue weighted by Crippen LogP contribution is -2.26. The van der Waals surface area contributed by atoms with Crippen LogP contribution in [-0.4, -0.2) is 43.2 Å². The standard InChI is InChI=1S/C10H18N2O2/c1-2-14-10(13)4-3-6-12-7-5-9(11)8-12/h3-4,9H,2,5-8,11H2,1H3/b4-3+/t9-/m1/s1. The van der Waals surface area contributed by atoms with Crippen molar-refractivity contribution in [2.24, 2.45) is 5.73 Å². The fourth-order valence-electron chi connectivity index (χ4n) is 1.52. The molecule has 0 aromatic heterocycles. The zero-order valence-electron chi connectivity index (χ0n) is 8.61. The summed E-state index contributed by atoms with van der Waals surface area (Å²) in [7, 11) is 0. The Balaban J connectivity index is 2.16. The van der Waals surface area contributed by atoms with Gasteiger partial charge < -0.3 is 10.5 Å². The van der Waals surface area contributed by atoms with Crippen molar-refractivity contribution in [2.75, 3.05) is 26.2 Å². The first kappa shape index (κ1) is 11.2. The van der Waals surface area contributed by atoms with Gasteiger partial charge in [-0.25, -0.2) is 4.79 Å². The fourth-order valence-corrected chi connectivity index (χ4v) is 1.52. The van der Waals surface area contributed by atoms with E-state index in [2.05, 4.69) is 4.90 Å². The minimum Gasteiger partial charge on any atom is -0.463 e. The first-order valence-electron chi connectivity index (χ1n) is 5.03. The first-order valence-corrected chi connectivity index (χ1v) is 5.03. The Bertz CT molecular complexity index is 216. The lowest BCUT2D eigenvalue weighted by molar-refractivity contribution is -0.137. The first-order chi connectivity index (χ1) is 6.72. The lowest BCUT2D eigenvalue weighted by atomic mass is 10.3. The van der Waals surface area contributed by atoms with E-state index in [0.29, 0.717) is 12.6 Å².